The molecule has 0 bridgehead atoms. The molecule has 0 unspecified atom stereocenters. The molecule has 8 heteroatoms. The van der Waals surface area contributed by atoms with Crippen LogP contribution in [0.4, 0.5) is 5.69 Å². The van der Waals surface area contributed by atoms with Crippen molar-refractivity contribution in [1.82, 2.24) is 5.32 Å². The summed E-state index contributed by atoms with van der Waals surface area (Å²) in [6.45, 7) is 3.00. The number of nitro groups is 1. The van der Waals surface area contributed by atoms with Crippen LogP contribution in [0.1, 0.15) is 30.6 Å². The van der Waals surface area contributed by atoms with E-state index in [4.69, 9.17) is 16.7 Å². The molecular weight excluding hydrogens is 288 g/mol. The second-order valence-corrected chi connectivity index (χ2v) is 5.21. The van der Waals surface area contributed by atoms with Crippen molar-refractivity contribution >= 4 is 29.2 Å². The van der Waals surface area contributed by atoms with Gasteiger partial charge in [0.05, 0.1) is 16.4 Å². The van der Waals surface area contributed by atoms with Crippen molar-refractivity contribution in [2.75, 3.05) is 0 Å². The van der Waals surface area contributed by atoms with Gasteiger partial charge >= 0.3 is 5.97 Å². The third kappa shape index (κ3) is 3.92. The van der Waals surface area contributed by atoms with Gasteiger partial charge in [-0.3, -0.25) is 19.7 Å². The number of nitro benzene ring substituents is 1. The quantitative estimate of drug-likeness (QED) is 0.640. The molecule has 7 nitrogen and oxygen atoms in total. The summed E-state index contributed by atoms with van der Waals surface area (Å²) in [7, 11) is 0. The Labute approximate surface area is 119 Å². The summed E-state index contributed by atoms with van der Waals surface area (Å²) in [6.07, 6.45) is -0.322. The molecular formula is C12H13ClN2O5. The Morgan fingerprint density at radius 3 is 2.55 bits per heavy atom. The maximum absolute atomic E-state index is 12.1. The molecule has 0 aliphatic carbocycles. The van der Waals surface area contributed by atoms with E-state index in [2.05, 4.69) is 5.32 Å². The standard InChI is InChI=1S/C12H13ClN2O5/c1-12(2,6-9(16)17)14-11(18)10-7(13)4-3-5-8(10)15(19)20/h3-5H,6H2,1-2H3,(H,14,18)(H,16,17). The van der Waals surface area contributed by atoms with Crippen molar-refractivity contribution < 1.29 is 19.6 Å². The van der Waals surface area contributed by atoms with Crippen molar-refractivity contribution in [2.24, 2.45) is 0 Å². The number of nitrogens with one attached hydrogen (secondary N) is 1. The zero-order valence-electron chi connectivity index (χ0n) is 10.8. The van der Waals surface area contributed by atoms with E-state index >= 15 is 0 Å². The number of rotatable bonds is 5. The molecule has 1 aromatic rings. The number of carbonyl (C=O) groups excluding carboxylic acids is 1. The van der Waals surface area contributed by atoms with Crippen LogP contribution in [0.3, 0.4) is 0 Å². The lowest BCUT2D eigenvalue weighted by Crippen LogP contribution is -2.45. The van der Waals surface area contributed by atoms with E-state index in [0.717, 1.165) is 6.07 Å². The molecule has 2 N–H and O–H groups in total. The topological polar surface area (TPSA) is 110 Å². The van der Waals surface area contributed by atoms with Crippen LogP contribution in [-0.2, 0) is 4.79 Å². The predicted octanol–water partition coefficient (Wildman–Crippen LogP) is 2.23. The van der Waals surface area contributed by atoms with Crippen molar-refractivity contribution in [1.29, 1.82) is 0 Å². The molecule has 0 aliphatic heterocycles. The summed E-state index contributed by atoms with van der Waals surface area (Å²) in [5, 5.41) is 22.0. The van der Waals surface area contributed by atoms with Crippen LogP contribution < -0.4 is 5.32 Å². The lowest BCUT2D eigenvalue weighted by atomic mass is 10.00. The molecule has 0 aliphatic rings. The fourth-order valence-corrected chi connectivity index (χ4v) is 1.94. The summed E-state index contributed by atoms with van der Waals surface area (Å²) in [5.41, 5.74) is -1.77. The summed E-state index contributed by atoms with van der Waals surface area (Å²) in [4.78, 5) is 33.0. The SMILES string of the molecule is CC(C)(CC(=O)O)NC(=O)c1c(Cl)cccc1[N+](=O)[O-]. The Kier molecular flexibility index (Phi) is 4.67. The number of hydrogen-bond donors (Lipinski definition) is 2. The molecule has 20 heavy (non-hydrogen) atoms. The molecule has 0 fully saturated rings. The summed E-state index contributed by atoms with van der Waals surface area (Å²) in [5.74, 6) is -1.88. The highest BCUT2D eigenvalue weighted by Gasteiger charge is 2.29. The van der Waals surface area contributed by atoms with E-state index in [1.165, 1.54) is 26.0 Å². The minimum atomic E-state index is -1.09. The Morgan fingerprint density at radius 2 is 2.05 bits per heavy atom. The van der Waals surface area contributed by atoms with Crippen molar-refractivity contribution in [2.45, 2.75) is 25.8 Å². The molecule has 0 saturated heterocycles. The predicted molar refractivity (Wildman–Crippen MR) is 71.9 cm³/mol. The number of nitrogens with zero attached hydrogens (tertiary/aromatic N) is 1. The van der Waals surface area contributed by atoms with Crippen LogP contribution in [0.25, 0.3) is 0 Å². The first-order valence-corrected chi connectivity index (χ1v) is 5.99. The van der Waals surface area contributed by atoms with Gasteiger partial charge in [-0.25, -0.2) is 0 Å². The second-order valence-electron chi connectivity index (χ2n) is 4.80. The lowest BCUT2D eigenvalue weighted by molar-refractivity contribution is -0.385. The second kappa shape index (κ2) is 5.87. The lowest BCUT2D eigenvalue weighted by Gasteiger charge is -2.24. The average Bonchev–Trinajstić information content (AvgIpc) is 2.25. The van der Waals surface area contributed by atoms with Gasteiger partial charge in [-0.1, -0.05) is 17.7 Å². The number of hydrogen-bond acceptors (Lipinski definition) is 4. The summed E-state index contributed by atoms with van der Waals surface area (Å²) in [6, 6.07) is 3.87. The molecule has 0 heterocycles. The van der Waals surface area contributed by atoms with Gasteiger partial charge in [-0.05, 0) is 19.9 Å². The smallest absolute Gasteiger partial charge is 0.305 e. The number of carbonyl (C=O) groups is 2. The molecule has 0 saturated carbocycles. The summed E-state index contributed by atoms with van der Waals surface area (Å²) >= 11 is 5.82. The van der Waals surface area contributed by atoms with E-state index in [1.807, 2.05) is 0 Å². The maximum Gasteiger partial charge on any atom is 0.305 e. The number of aliphatic carboxylic acids is 1. The van der Waals surface area contributed by atoms with Crippen molar-refractivity contribution in [3.63, 3.8) is 0 Å². The Bertz CT molecular complexity index is 571. The van der Waals surface area contributed by atoms with Gasteiger partial charge < -0.3 is 10.4 Å². The normalized spacial score (nSPS) is 10.9. The summed E-state index contributed by atoms with van der Waals surface area (Å²) < 4.78 is 0. The highest BCUT2D eigenvalue weighted by Crippen LogP contribution is 2.26. The molecule has 0 aromatic heterocycles. The van der Waals surface area contributed by atoms with Gasteiger partial charge in [0.1, 0.15) is 5.56 Å². The largest absolute Gasteiger partial charge is 0.481 e. The molecule has 1 aromatic carbocycles. The van der Waals surface area contributed by atoms with Crippen LogP contribution in [0, 0.1) is 10.1 Å². The number of benzene rings is 1. The van der Waals surface area contributed by atoms with Crippen LogP contribution in [0.2, 0.25) is 5.02 Å². The molecule has 1 amide bonds. The van der Waals surface area contributed by atoms with Gasteiger partial charge in [0.15, 0.2) is 0 Å². The van der Waals surface area contributed by atoms with Crippen molar-refractivity contribution in [3.05, 3.63) is 38.9 Å². The van der Waals surface area contributed by atoms with Crippen LogP contribution >= 0.6 is 11.6 Å². The molecule has 0 radical (unpaired) electrons. The maximum atomic E-state index is 12.1. The highest BCUT2D eigenvalue weighted by atomic mass is 35.5. The molecule has 0 spiro atoms. The third-order valence-electron chi connectivity index (χ3n) is 2.46. The van der Waals surface area contributed by atoms with Crippen molar-refractivity contribution in [3.8, 4) is 0 Å². The van der Waals surface area contributed by atoms with E-state index in [-0.39, 0.29) is 17.0 Å². The van der Waals surface area contributed by atoms with Crippen LogP contribution in [-0.4, -0.2) is 27.4 Å². The molecule has 1 rings (SSSR count). The van der Waals surface area contributed by atoms with E-state index in [9.17, 15) is 19.7 Å². The Morgan fingerprint density at radius 1 is 1.45 bits per heavy atom. The van der Waals surface area contributed by atoms with Gasteiger partial charge in [-0.2, -0.15) is 0 Å². The van der Waals surface area contributed by atoms with E-state index < -0.39 is 28.0 Å². The monoisotopic (exact) mass is 300 g/mol. The average molecular weight is 301 g/mol. The zero-order valence-corrected chi connectivity index (χ0v) is 11.6. The first-order chi connectivity index (χ1) is 9.14. The third-order valence-corrected chi connectivity index (χ3v) is 2.78. The Hall–Kier alpha value is -2.15. The number of halogens is 1. The van der Waals surface area contributed by atoms with E-state index in [0.29, 0.717) is 0 Å². The molecule has 0 atom stereocenters. The minimum Gasteiger partial charge on any atom is -0.481 e. The van der Waals surface area contributed by atoms with Gasteiger partial charge in [-0.15, -0.1) is 0 Å². The highest BCUT2D eigenvalue weighted by molar-refractivity contribution is 6.34. The number of carboxylic acids is 1. The van der Waals surface area contributed by atoms with Gasteiger partial charge in [0.2, 0.25) is 0 Å². The Balaban J connectivity index is 3.10. The fourth-order valence-electron chi connectivity index (χ4n) is 1.68. The number of carboxylic acid groups (broad SMARTS) is 1. The van der Waals surface area contributed by atoms with Crippen LogP contribution in [0.5, 0.6) is 0 Å². The van der Waals surface area contributed by atoms with Gasteiger partial charge in [0.25, 0.3) is 11.6 Å². The van der Waals surface area contributed by atoms with Crippen LogP contribution in [0.15, 0.2) is 18.2 Å². The first-order valence-electron chi connectivity index (χ1n) is 5.61. The number of amides is 1. The first kappa shape index (κ1) is 15.9. The van der Waals surface area contributed by atoms with Gasteiger partial charge in [0, 0.05) is 11.6 Å². The minimum absolute atomic E-state index is 0.0668. The zero-order chi connectivity index (χ0) is 15.5. The fraction of sp³-hybridized carbons (Fsp3) is 0.333. The van der Waals surface area contributed by atoms with E-state index in [1.54, 1.807) is 0 Å². The molecule has 108 valence electrons.